The molecule has 0 saturated heterocycles. The molecule has 0 radical (unpaired) electrons. The van der Waals surface area contributed by atoms with Gasteiger partial charge in [0.05, 0.1) is 27.5 Å². The van der Waals surface area contributed by atoms with Crippen LogP contribution in [0.25, 0.3) is 10.9 Å². The summed E-state index contributed by atoms with van der Waals surface area (Å²) in [6.07, 6.45) is -3.58. The summed E-state index contributed by atoms with van der Waals surface area (Å²) in [6.45, 7) is -0.554. The third kappa shape index (κ3) is 2.12. The molecule has 1 fully saturated rings. The summed E-state index contributed by atoms with van der Waals surface area (Å²) in [5.41, 5.74) is 4.26. The number of Topliss-reactive ketones (excluding diaryl/α,β-unsaturated/α-hetero) is 2. The number of nitrogens with zero attached hydrogens (tertiary/aromatic N) is 2. The highest BCUT2D eigenvalue weighted by Gasteiger charge is 2.30. The van der Waals surface area contributed by atoms with Gasteiger partial charge >= 0.3 is 0 Å². The second kappa shape index (κ2) is 4.80. The van der Waals surface area contributed by atoms with E-state index in [2.05, 4.69) is 4.98 Å². The van der Waals surface area contributed by atoms with E-state index in [4.69, 9.17) is 14.0 Å². The van der Waals surface area contributed by atoms with Gasteiger partial charge in [0, 0.05) is 16.2 Å². The topological polar surface area (TPSA) is 95.0 Å². The van der Waals surface area contributed by atoms with Gasteiger partial charge in [-0.2, -0.15) is 0 Å². The molecule has 1 aromatic carbocycles. The molecule has 1 atom stereocenters. The molecule has 1 aromatic heterocycles. The van der Waals surface area contributed by atoms with Crippen LogP contribution >= 0.6 is 0 Å². The van der Waals surface area contributed by atoms with Crippen LogP contribution in [0.2, 0.25) is 0 Å². The van der Waals surface area contributed by atoms with Gasteiger partial charge in [0.2, 0.25) is 0 Å². The van der Waals surface area contributed by atoms with Crippen LogP contribution in [0.4, 0.5) is 5.69 Å². The van der Waals surface area contributed by atoms with E-state index in [1.165, 1.54) is 0 Å². The molecule has 21 heavy (non-hydrogen) atoms. The van der Waals surface area contributed by atoms with Crippen molar-refractivity contribution in [2.45, 2.75) is 32.2 Å². The molecule has 1 saturated carbocycles. The molecule has 1 aliphatic rings. The number of carbonyl (C=O) groups excluding carboxylic acids is 2. The van der Waals surface area contributed by atoms with Gasteiger partial charge in [-0.1, -0.05) is 6.04 Å². The lowest BCUT2D eigenvalue weighted by atomic mass is 9.92. The van der Waals surface area contributed by atoms with Crippen LogP contribution in [0.15, 0.2) is 22.9 Å². The Morgan fingerprint density at radius 2 is 2.29 bits per heavy atom. The van der Waals surface area contributed by atoms with E-state index in [-0.39, 0.29) is 22.4 Å². The lowest BCUT2D eigenvalue weighted by Gasteiger charge is -2.24. The van der Waals surface area contributed by atoms with E-state index < -0.39 is 67.4 Å². The van der Waals surface area contributed by atoms with Crippen LogP contribution in [0.5, 0.6) is 0 Å². The Morgan fingerprint density at radius 3 is 3.05 bits per heavy atom. The number of benzene rings is 1. The van der Waals surface area contributed by atoms with Crippen LogP contribution < -0.4 is 11.3 Å². The predicted molar refractivity (Wildman–Crippen MR) is 78.1 cm³/mol. The Balaban J connectivity index is 2.37. The first kappa shape index (κ1) is 8.07. The minimum absolute atomic E-state index is 0.207. The second-order valence-corrected chi connectivity index (χ2v) is 4.68. The van der Waals surface area contributed by atoms with Gasteiger partial charge in [0.15, 0.2) is 5.78 Å². The number of ketones is 2. The number of aryl methyl sites for hydroxylation is 1. The summed E-state index contributed by atoms with van der Waals surface area (Å²) in [4.78, 5) is 41.2. The third-order valence-electron chi connectivity index (χ3n) is 3.35. The monoisotopic (exact) mass is 291 g/mol. The van der Waals surface area contributed by atoms with Crippen LogP contribution in [0.1, 0.15) is 39.3 Å². The van der Waals surface area contributed by atoms with Crippen molar-refractivity contribution in [1.29, 1.82) is 0 Å². The average Bonchev–Trinajstić information content (AvgIpc) is 2.61. The van der Waals surface area contributed by atoms with Gasteiger partial charge in [-0.05, 0) is 25.4 Å². The highest BCUT2D eigenvalue weighted by Crippen LogP contribution is 2.24. The Morgan fingerprint density at radius 1 is 1.48 bits per heavy atom. The summed E-state index contributed by atoms with van der Waals surface area (Å²) in [5, 5.41) is -0.330. The molecular formula is C15H15N3O3. The molecule has 1 heterocycles. The maximum atomic E-state index is 13.1. The summed E-state index contributed by atoms with van der Waals surface area (Å²) < 4.78 is 47.5. The maximum absolute atomic E-state index is 13.1. The van der Waals surface area contributed by atoms with Crippen molar-refractivity contribution in [1.82, 2.24) is 9.55 Å². The number of hydrogen-bond acceptors (Lipinski definition) is 5. The molecule has 0 bridgehead atoms. The molecule has 6 nitrogen and oxygen atoms in total. The Labute approximate surface area is 129 Å². The molecule has 0 aliphatic heterocycles. The first-order chi connectivity index (χ1) is 12.5. The molecule has 1 unspecified atom stereocenters. The normalized spacial score (nSPS) is 25.6. The van der Waals surface area contributed by atoms with Gasteiger partial charge < -0.3 is 5.73 Å². The summed E-state index contributed by atoms with van der Waals surface area (Å²) >= 11 is 0. The van der Waals surface area contributed by atoms with Crippen molar-refractivity contribution >= 4 is 28.2 Å². The highest BCUT2D eigenvalue weighted by atomic mass is 16.2. The lowest BCUT2D eigenvalue weighted by molar-refractivity contribution is -0.132. The zero-order chi connectivity index (χ0) is 20.3. The van der Waals surface area contributed by atoms with Crippen LogP contribution in [0.3, 0.4) is 0 Å². The standard InChI is InChI=1S/C15H15N3O3/c1-8-17-11-4-2-3-10(16)14(11)15(21)18(8)12-6-5-9(19)7-13(12)20/h2-4,12H,5-7,16H2,1H3/i1D,2D,3D,4D,5D2. The number of nitrogens with two attached hydrogens (primary N) is 1. The van der Waals surface area contributed by atoms with E-state index in [0.717, 1.165) is 4.57 Å². The van der Waals surface area contributed by atoms with Gasteiger partial charge in [0.25, 0.3) is 5.56 Å². The molecule has 1 aliphatic carbocycles. The molecule has 6 heteroatoms. The molecule has 0 spiro atoms. The largest absolute Gasteiger partial charge is 0.398 e. The highest BCUT2D eigenvalue weighted by molar-refractivity contribution is 6.03. The lowest BCUT2D eigenvalue weighted by Crippen LogP contribution is -2.36. The smallest absolute Gasteiger partial charge is 0.264 e. The number of rotatable bonds is 1. The SMILES string of the molecule is [2H]Cc1nc2c([2H])c([2H])c([2H])c(N)c2c(=O)n1C1CC([2H])([2H])C(=O)CC1=O. The first-order valence-electron chi connectivity index (χ1n) is 9.37. The van der Waals surface area contributed by atoms with Gasteiger partial charge in [0.1, 0.15) is 11.6 Å². The fourth-order valence-corrected chi connectivity index (χ4v) is 2.35. The predicted octanol–water partition coefficient (Wildman–Crippen LogP) is 1.15. The number of aromatic nitrogens is 2. The summed E-state index contributed by atoms with van der Waals surface area (Å²) in [6, 6.07) is -2.89. The van der Waals surface area contributed by atoms with Crippen molar-refractivity contribution in [3.05, 3.63) is 34.3 Å². The quantitative estimate of drug-likeness (QED) is 0.628. The summed E-state index contributed by atoms with van der Waals surface area (Å²) in [5.74, 6) is -1.76. The third-order valence-corrected chi connectivity index (χ3v) is 3.35. The first-order valence-corrected chi connectivity index (χ1v) is 6.16. The minimum Gasteiger partial charge on any atom is -0.398 e. The number of anilines is 1. The van der Waals surface area contributed by atoms with Crippen molar-refractivity contribution in [3.8, 4) is 0 Å². The Bertz CT molecular complexity index is 1070. The van der Waals surface area contributed by atoms with E-state index >= 15 is 0 Å². The van der Waals surface area contributed by atoms with Crippen molar-refractivity contribution < 1.29 is 17.8 Å². The minimum atomic E-state index is -2.32. The van der Waals surface area contributed by atoms with E-state index in [1.54, 1.807) is 0 Å². The molecule has 108 valence electrons. The molecule has 2 N–H and O–H groups in total. The average molecular weight is 291 g/mol. The molecule has 0 amide bonds. The fourth-order valence-electron chi connectivity index (χ4n) is 2.35. The Kier molecular flexibility index (Phi) is 1.84. The van der Waals surface area contributed by atoms with Crippen LogP contribution in [-0.4, -0.2) is 21.1 Å². The molecular weight excluding hydrogens is 270 g/mol. The number of nitrogen functional groups attached to an aromatic ring is 1. The maximum Gasteiger partial charge on any atom is 0.264 e. The van der Waals surface area contributed by atoms with E-state index in [1.807, 2.05) is 0 Å². The van der Waals surface area contributed by atoms with Gasteiger partial charge in [-0.25, -0.2) is 4.98 Å². The molecule has 2 aromatic rings. The van der Waals surface area contributed by atoms with Crippen LogP contribution in [0, 0.1) is 6.90 Å². The second-order valence-electron chi connectivity index (χ2n) is 4.68. The zero-order valence-corrected chi connectivity index (χ0v) is 10.9. The summed E-state index contributed by atoms with van der Waals surface area (Å²) in [7, 11) is 0. The van der Waals surface area contributed by atoms with Crippen molar-refractivity contribution in [2.24, 2.45) is 0 Å². The van der Waals surface area contributed by atoms with Crippen molar-refractivity contribution in [3.63, 3.8) is 0 Å². The van der Waals surface area contributed by atoms with Crippen molar-refractivity contribution in [2.75, 3.05) is 5.73 Å². The van der Waals surface area contributed by atoms with E-state index in [0.29, 0.717) is 0 Å². The molecule has 3 rings (SSSR count). The zero-order valence-electron chi connectivity index (χ0n) is 16.9. The fraction of sp³-hybridized carbons (Fsp3) is 0.333. The van der Waals surface area contributed by atoms with E-state index in [9.17, 15) is 14.4 Å². The van der Waals surface area contributed by atoms with Crippen LogP contribution in [-0.2, 0) is 9.59 Å². The number of carbonyl (C=O) groups is 2. The van der Waals surface area contributed by atoms with Gasteiger partial charge in [-0.3, -0.25) is 19.0 Å². The number of hydrogen-bond donors (Lipinski definition) is 1. The Hall–Kier alpha value is -2.50. The van der Waals surface area contributed by atoms with Gasteiger partial charge in [-0.15, -0.1) is 0 Å². The number of fused-ring (bicyclic) bond motifs is 1.